The first kappa shape index (κ1) is 14.1. The lowest BCUT2D eigenvalue weighted by Gasteiger charge is -2.09. The number of hydrogen-bond acceptors (Lipinski definition) is 3. The van der Waals surface area contributed by atoms with E-state index in [1.54, 1.807) is 5.32 Å². The molecule has 7 heteroatoms. The first-order valence-corrected chi connectivity index (χ1v) is 5.05. The van der Waals surface area contributed by atoms with Gasteiger partial charge in [-0.05, 0) is 30.2 Å². The van der Waals surface area contributed by atoms with Gasteiger partial charge in [-0.1, -0.05) is 0 Å². The smallest absolute Gasteiger partial charge is 0.471 e. The summed E-state index contributed by atoms with van der Waals surface area (Å²) in [6.07, 6.45) is -4.82. The largest absolute Gasteiger partial charge is 0.508 e. The molecule has 0 radical (unpaired) electrons. The van der Waals surface area contributed by atoms with Crippen molar-refractivity contribution in [1.29, 1.82) is 0 Å². The number of hydrogen-bond donors (Lipinski definition) is 2. The van der Waals surface area contributed by atoms with Gasteiger partial charge in [-0.2, -0.15) is 13.2 Å². The molecule has 4 nitrogen and oxygen atoms in total. The van der Waals surface area contributed by atoms with E-state index in [1.165, 1.54) is 25.3 Å². The van der Waals surface area contributed by atoms with Gasteiger partial charge >= 0.3 is 12.1 Å². The highest BCUT2D eigenvalue weighted by Crippen LogP contribution is 2.23. The molecule has 2 N–H and O–H groups in total. The van der Waals surface area contributed by atoms with Crippen molar-refractivity contribution in [3.05, 3.63) is 23.8 Å². The average Bonchev–Trinajstić information content (AvgIpc) is 2.30. The zero-order chi connectivity index (χ0) is 13.8. The lowest BCUT2D eigenvalue weighted by atomic mass is 10.1. The fourth-order valence-electron chi connectivity index (χ4n) is 1.30. The van der Waals surface area contributed by atoms with Crippen molar-refractivity contribution in [3.63, 3.8) is 0 Å². The van der Waals surface area contributed by atoms with Crippen molar-refractivity contribution < 1.29 is 27.8 Å². The number of phenolic OH excluding ortho intramolecular Hbond substituents is 1. The Morgan fingerprint density at radius 2 is 2.11 bits per heavy atom. The Morgan fingerprint density at radius 3 is 2.67 bits per heavy atom. The van der Waals surface area contributed by atoms with Crippen LogP contribution in [0, 0.1) is 0 Å². The second kappa shape index (κ2) is 5.61. The van der Waals surface area contributed by atoms with Crippen LogP contribution in [0.5, 0.6) is 11.5 Å². The molecule has 0 aliphatic carbocycles. The summed E-state index contributed by atoms with van der Waals surface area (Å²) in [5, 5.41) is 11.2. The molecule has 0 fully saturated rings. The predicted octanol–water partition coefficient (Wildman–Crippen LogP) is 1.62. The number of amides is 1. The molecule has 0 aliphatic heterocycles. The molecule has 0 aliphatic rings. The number of benzene rings is 1. The minimum atomic E-state index is -4.89. The molecule has 0 bridgehead atoms. The van der Waals surface area contributed by atoms with Gasteiger partial charge < -0.3 is 15.2 Å². The van der Waals surface area contributed by atoms with Crippen LogP contribution in [0.3, 0.4) is 0 Å². The van der Waals surface area contributed by atoms with E-state index in [0.717, 1.165) is 0 Å². The minimum absolute atomic E-state index is 0.0583. The van der Waals surface area contributed by atoms with Gasteiger partial charge in [0.15, 0.2) is 0 Å². The molecule has 0 saturated heterocycles. The van der Waals surface area contributed by atoms with Gasteiger partial charge in [0, 0.05) is 6.54 Å². The van der Waals surface area contributed by atoms with E-state index < -0.39 is 12.1 Å². The van der Waals surface area contributed by atoms with Gasteiger partial charge in [0.25, 0.3) is 0 Å². The Bertz CT molecular complexity index is 432. The first-order chi connectivity index (χ1) is 8.34. The van der Waals surface area contributed by atoms with E-state index >= 15 is 0 Å². The van der Waals surface area contributed by atoms with Crippen LogP contribution in [0.2, 0.25) is 0 Å². The lowest BCUT2D eigenvalue weighted by molar-refractivity contribution is -0.173. The SMILES string of the molecule is COc1ccc(O)c(CCNC(=O)C(F)(F)F)c1. The molecule has 0 heterocycles. The number of methoxy groups -OCH3 is 1. The molecule has 0 aromatic heterocycles. The summed E-state index contributed by atoms with van der Waals surface area (Å²) in [4.78, 5) is 10.5. The number of phenols is 1. The summed E-state index contributed by atoms with van der Waals surface area (Å²) < 4.78 is 40.6. The van der Waals surface area contributed by atoms with Crippen LogP contribution in [-0.4, -0.2) is 30.8 Å². The van der Waals surface area contributed by atoms with E-state index in [-0.39, 0.29) is 18.7 Å². The summed E-state index contributed by atoms with van der Waals surface area (Å²) in [6, 6.07) is 4.39. The number of nitrogens with one attached hydrogen (secondary N) is 1. The Balaban J connectivity index is 2.56. The summed E-state index contributed by atoms with van der Waals surface area (Å²) >= 11 is 0. The molecular formula is C11H12F3NO3. The predicted molar refractivity (Wildman–Crippen MR) is 57.4 cm³/mol. The van der Waals surface area contributed by atoms with E-state index in [9.17, 15) is 23.1 Å². The molecule has 0 saturated carbocycles. The van der Waals surface area contributed by atoms with Crippen LogP contribution in [0.1, 0.15) is 5.56 Å². The highest BCUT2D eigenvalue weighted by atomic mass is 19.4. The van der Waals surface area contributed by atoms with Gasteiger partial charge in [-0.25, -0.2) is 0 Å². The maximum atomic E-state index is 11.9. The Hall–Kier alpha value is -1.92. The summed E-state index contributed by atoms with van der Waals surface area (Å²) in [5.74, 6) is -1.58. The Kier molecular flexibility index (Phi) is 4.41. The second-order valence-corrected chi connectivity index (χ2v) is 3.50. The quantitative estimate of drug-likeness (QED) is 0.867. The van der Waals surface area contributed by atoms with Gasteiger partial charge in [0.1, 0.15) is 11.5 Å². The monoisotopic (exact) mass is 263 g/mol. The maximum absolute atomic E-state index is 11.9. The number of rotatable bonds is 4. The number of aromatic hydroxyl groups is 1. The van der Waals surface area contributed by atoms with Crippen molar-refractivity contribution in [2.45, 2.75) is 12.6 Å². The summed E-state index contributed by atoms with van der Waals surface area (Å²) in [5.41, 5.74) is 0.400. The zero-order valence-corrected chi connectivity index (χ0v) is 9.54. The van der Waals surface area contributed by atoms with Gasteiger partial charge in [-0.3, -0.25) is 4.79 Å². The van der Waals surface area contributed by atoms with Crippen molar-refractivity contribution in [3.8, 4) is 11.5 Å². The molecule has 1 rings (SSSR count). The van der Waals surface area contributed by atoms with Crippen LogP contribution in [-0.2, 0) is 11.2 Å². The third-order valence-electron chi connectivity index (χ3n) is 2.22. The van der Waals surface area contributed by atoms with E-state index in [4.69, 9.17) is 4.74 Å². The number of carbonyl (C=O) groups is 1. The van der Waals surface area contributed by atoms with E-state index in [0.29, 0.717) is 11.3 Å². The van der Waals surface area contributed by atoms with Crippen LogP contribution in [0.25, 0.3) is 0 Å². The Labute approximate surface area is 101 Å². The van der Waals surface area contributed by atoms with E-state index in [1.807, 2.05) is 0 Å². The number of alkyl halides is 3. The van der Waals surface area contributed by atoms with Crippen molar-refractivity contribution in [2.75, 3.05) is 13.7 Å². The molecule has 100 valence electrons. The molecule has 18 heavy (non-hydrogen) atoms. The van der Waals surface area contributed by atoms with Crippen LogP contribution in [0.15, 0.2) is 18.2 Å². The molecular weight excluding hydrogens is 251 g/mol. The first-order valence-electron chi connectivity index (χ1n) is 5.05. The summed E-state index contributed by atoms with van der Waals surface area (Å²) in [6.45, 7) is -0.223. The zero-order valence-electron chi connectivity index (χ0n) is 9.54. The van der Waals surface area contributed by atoms with Crippen LogP contribution >= 0.6 is 0 Å². The number of ether oxygens (including phenoxy) is 1. The molecule has 1 aromatic carbocycles. The van der Waals surface area contributed by atoms with Crippen LogP contribution in [0.4, 0.5) is 13.2 Å². The van der Waals surface area contributed by atoms with Crippen molar-refractivity contribution in [1.82, 2.24) is 5.32 Å². The highest BCUT2D eigenvalue weighted by molar-refractivity contribution is 5.81. The third kappa shape index (κ3) is 3.83. The minimum Gasteiger partial charge on any atom is -0.508 e. The normalized spacial score (nSPS) is 11.1. The fraction of sp³-hybridized carbons (Fsp3) is 0.364. The van der Waals surface area contributed by atoms with Gasteiger partial charge in [0.2, 0.25) is 0 Å². The molecule has 1 amide bonds. The summed E-state index contributed by atoms with van der Waals surface area (Å²) in [7, 11) is 1.43. The molecule has 1 aromatic rings. The standard InChI is InChI=1S/C11H12F3NO3/c1-18-8-2-3-9(16)7(6-8)4-5-15-10(17)11(12,13)14/h2-3,6,16H,4-5H2,1H3,(H,15,17). The van der Waals surface area contributed by atoms with Crippen molar-refractivity contribution >= 4 is 5.91 Å². The topological polar surface area (TPSA) is 58.6 Å². The molecule has 0 spiro atoms. The fourth-order valence-corrected chi connectivity index (χ4v) is 1.30. The maximum Gasteiger partial charge on any atom is 0.471 e. The van der Waals surface area contributed by atoms with Crippen molar-refractivity contribution in [2.24, 2.45) is 0 Å². The molecule has 0 atom stereocenters. The highest BCUT2D eigenvalue weighted by Gasteiger charge is 2.38. The Morgan fingerprint density at radius 1 is 1.44 bits per heavy atom. The van der Waals surface area contributed by atoms with Gasteiger partial charge in [-0.15, -0.1) is 0 Å². The average molecular weight is 263 g/mol. The molecule has 0 unspecified atom stereocenters. The third-order valence-corrected chi connectivity index (χ3v) is 2.22. The lowest BCUT2D eigenvalue weighted by Crippen LogP contribution is -2.37. The van der Waals surface area contributed by atoms with Gasteiger partial charge in [0.05, 0.1) is 7.11 Å². The second-order valence-electron chi connectivity index (χ2n) is 3.50. The number of halogens is 3. The number of carbonyl (C=O) groups excluding carboxylic acids is 1. The van der Waals surface area contributed by atoms with E-state index in [2.05, 4.69) is 0 Å². The van der Waals surface area contributed by atoms with Crippen LogP contribution < -0.4 is 10.1 Å².